The number of anilines is 1. The molecule has 0 spiro atoms. The molecule has 1 aromatic rings. The van der Waals surface area contributed by atoms with E-state index in [-0.39, 0.29) is 6.61 Å². The molecule has 3 heteroatoms. The summed E-state index contributed by atoms with van der Waals surface area (Å²) in [4.78, 5) is 0. The fourth-order valence-electron chi connectivity index (χ4n) is 1.81. The van der Waals surface area contributed by atoms with E-state index in [0.717, 1.165) is 6.42 Å². The van der Waals surface area contributed by atoms with Gasteiger partial charge in [-0.15, -0.1) is 0 Å². The minimum absolute atomic E-state index is 0.149. The Morgan fingerprint density at radius 3 is 2.93 bits per heavy atom. The Kier molecular flexibility index (Phi) is 2.42. The van der Waals surface area contributed by atoms with Crippen molar-refractivity contribution >= 4 is 5.69 Å². The SMILES string of the molecule is Nc1cccc(C2(F)CCCOC2)c1. The van der Waals surface area contributed by atoms with Gasteiger partial charge in [0.25, 0.3) is 0 Å². The Bertz CT molecular complexity index is 321. The van der Waals surface area contributed by atoms with Gasteiger partial charge in [-0.05, 0) is 30.5 Å². The van der Waals surface area contributed by atoms with E-state index in [2.05, 4.69) is 0 Å². The zero-order valence-corrected chi connectivity index (χ0v) is 8.00. The molecule has 0 aliphatic carbocycles. The average molecular weight is 195 g/mol. The largest absolute Gasteiger partial charge is 0.399 e. The summed E-state index contributed by atoms with van der Waals surface area (Å²) in [6.45, 7) is 0.810. The van der Waals surface area contributed by atoms with Crippen molar-refractivity contribution in [1.82, 2.24) is 0 Å². The number of rotatable bonds is 1. The van der Waals surface area contributed by atoms with E-state index < -0.39 is 5.67 Å². The van der Waals surface area contributed by atoms with Crippen molar-refractivity contribution in [3.8, 4) is 0 Å². The predicted molar refractivity (Wildman–Crippen MR) is 53.7 cm³/mol. The Balaban J connectivity index is 2.28. The lowest BCUT2D eigenvalue weighted by Gasteiger charge is -2.29. The first kappa shape index (κ1) is 9.46. The highest BCUT2D eigenvalue weighted by Gasteiger charge is 2.34. The predicted octanol–water partition coefficient (Wildman–Crippen LogP) is 2.24. The number of nitrogen functional groups attached to an aromatic ring is 1. The molecule has 1 aliphatic heterocycles. The quantitative estimate of drug-likeness (QED) is 0.697. The minimum atomic E-state index is -1.34. The topological polar surface area (TPSA) is 35.2 Å². The summed E-state index contributed by atoms with van der Waals surface area (Å²) in [7, 11) is 0. The van der Waals surface area contributed by atoms with E-state index in [1.54, 1.807) is 24.3 Å². The molecule has 0 bridgehead atoms. The van der Waals surface area contributed by atoms with Crippen LogP contribution in [0.4, 0.5) is 10.1 Å². The highest BCUT2D eigenvalue weighted by Crippen LogP contribution is 2.34. The fraction of sp³-hybridized carbons (Fsp3) is 0.455. The van der Waals surface area contributed by atoms with Gasteiger partial charge < -0.3 is 10.5 Å². The molecule has 76 valence electrons. The maximum absolute atomic E-state index is 14.3. The number of ether oxygens (including phenoxy) is 1. The molecule has 0 radical (unpaired) electrons. The van der Waals surface area contributed by atoms with Crippen LogP contribution in [0.2, 0.25) is 0 Å². The first-order valence-corrected chi connectivity index (χ1v) is 4.83. The molecule has 1 aromatic carbocycles. The molecule has 1 heterocycles. The zero-order valence-electron chi connectivity index (χ0n) is 8.00. The van der Waals surface area contributed by atoms with Gasteiger partial charge in [0, 0.05) is 12.3 Å². The maximum atomic E-state index is 14.3. The van der Waals surface area contributed by atoms with Crippen molar-refractivity contribution in [2.24, 2.45) is 0 Å². The van der Waals surface area contributed by atoms with Gasteiger partial charge >= 0.3 is 0 Å². The summed E-state index contributed by atoms with van der Waals surface area (Å²) in [6, 6.07) is 7.00. The summed E-state index contributed by atoms with van der Waals surface area (Å²) in [5.74, 6) is 0. The number of hydrogen-bond acceptors (Lipinski definition) is 2. The molecule has 2 rings (SSSR count). The Morgan fingerprint density at radius 2 is 2.29 bits per heavy atom. The molecule has 1 aliphatic rings. The van der Waals surface area contributed by atoms with Gasteiger partial charge in [-0.2, -0.15) is 0 Å². The molecule has 1 unspecified atom stereocenters. The molecular formula is C11H14FNO. The van der Waals surface area contributed by atoms with Crippen molar-refractivity contribution in [3.05, 3.63) is 29.8 Å². The van der Waals surface area contributed by atoms with Gasteiger partial charge in [0.2, 0.25) is 0 Å². The summed E-state index contributed by atoms with van der Waals surface area (Å²) < 4.78 is 19.5. The summed E-state index contributed by atoms with van der Waals surface area (Å²) in [6.07, 6.45) is 1.29. The number of alkyl halides is 1. The molecule has 0 amide bonds. The number of nitrogens with two attached hydrogens (primary N) is 1. The van der Waals surface area contributed by atoms with Crippen molar-refractivity contribution in [2.75, 3.05) is 18.9 Å². The second-order valence-corrected chi connectivity index (χ2v) is 3.75. The molecule has 2 N–H and O–H groups in total. The van der Waals surface area contributed by atoms with Crippen LogP contribution in [-0.4, -0.2) is 13.2 Å². The minimum Gasteiger partial charge on any atom is -0.399 e. The van der Waals surface area contributed by atoms with E-state index in [1.165, 1.54) is 0 Å². The molecule has 14 heavy (non-hydrogen) atoms. The third-order valence-electron chi connectivity index (χ3n) is 2.60. The van der Waals surface area contributed by atoms with Crippen LogP contribution in [0.25, 0.3) is 0 Å². The van der Waals surface area contributed by atoms with Crippen LogP contribution in [0.1, 0.15) is 18.4 Å². The van der Waals surface area contributed by atoms with Crippen molar-refractivity contribution in [2.45, 2.75) is 18.5 Å². The normalized spacial score (nSPS) is 27.5. The third kappa shape index (κ3) is 1.73. The van der Waals surface area contributed by atoms with Crippen LogP contribution in [0.5, 0.6) is 0 Å². The van der Waals surface area contributed by atoms with Gasteiger partial charge in [-0.3, -0.25) is 0 Å². The Hall–Kier alpha value is -1.09. The maximum Gasteiger partial charge on any atom is 0.159 e. The first-order valence-electron chi connectivity index (χ1n) is 4.83. The van der Waals surface area contributed by atoms with Crippen LogP contribution in [0.15, 0.2) is 24.3 Å². The van der Waals surface area contributed by atoms with Crippen molar-refractivity contribution in [3.63, 3.8) is 0 Å². The van der Waals surface area contributed by atoms with Crippen LogP contribution in [0.3, 0.4) is 0 Å². The van der Waals surface area contributed by atoms with Gasteiger partial charge in [0.05, 0.1) is 6.61 Å². The van der Waals surface area contributed by atoms with Crippen molar-refractivity contribution in [1.29, 1.82) is 0 Å². The van der Waals surface area contributed by atoms with Crippen LogP contribution in [-0.2, 0) is 10.4 Å². The van der Waals surface area contributed by atoms with E-state index in [0.29, 0.717) is 24.3 Å². The van der Waals surface area contributed by atoms with E-state index in [1.807, 2.05) is 0 Å². The molecule has 0 aromatic heterocycles. The highest BCUT2D eigenvalue weighted by atomic mass is 19.1. The van der Waals surface area contributed by atoms with Crippen LogP contribution < -0.4 is 5.73 Å². The lowest BCUT2D eigenvalue weighted by Crippen LogP contribution is -2.31. The Labute approximate surface area is 82.9 Å². The first-order chi connectivity index (χ1) is 6.71. The second kappa shape index (κ2) is 3.58. The molecule has 1 saturated heterocycles. The lowest BCUT2D eigenvalue weighted by atomic mass is 9.90. The summed E-state index contributed by atoms with van der Waals surface area (Å²) in [5.41, 5.74) is 5.52. The molecule has 2 nitrogen and oxygen atoms in total. The lowest BCUT2D eigenvalue weighted by molar-refractivity contribution is -0.0347. The second-order valence-electron chi connectivity index (χ2n) is 3.75. The number of benzene rings is 1. The average Bonchev–Trinajstić information content (AvgIpc) is 2.19. The van der Waals surface area contributed by atoms with Crippen LogP contribution >= 0.6 is 0 Å². The van der Waals surface area contributed by atoms with Gasteiger partial charge in [-0.1, -0.05) is 12.1 Å². The summed E-state index contributed by atoms with van der Waals surface area (Å²) >= 11 is 0. The Morgan fingerprint density at radius 1 is 1.43 bits per heavy atom. The van der Waals surface area contributed by atoms with E-state index >= 15 is 0 Å². The standard InChI is InChI=1S/C11H14FNO/c12-11(5-2-6-14-8-11)9-3-1-4-10(13)7-9/h1,3-4,7H,2,5-6,8,13H2. The zero-order chi connectivity index (χ0) is 10.0. The molecule has 1 fully saturated rings. The van der Waals surface area contributed by atoms with E-state index in [9.17, 15) is 4.39 Å². The molecule has 0 saturated carbocycles. The monoisotopic (exact) mass is 195 g/mol. The van der Waals surface area contributed by atoms with Gasteiger partial charge in [-0.25, -0.2) is 4.39 Å². The molecular weight excluding hydrogens is 181 g/mol. The highest BCUT2D eigenvalue weighted by molar-refractivity contribution is 5.42. The van der Waals surface area contributed by atoms with E-state index in [4.69, 9.17) is 10.5 Å². The fourth-order valence-corrected chi connectivity index (χ4v) is 1.81. The van der Waals surface area contributed by atoms with Crippen LogP contribution in [0, 0.1) is 0 Å². The summed E-state index contributed by atoms with van der Waals surface area (Å²) in [5, 5.41) is 0. The van der Waals surface area contributed by atoms with Gasteiger partial charge in [0.15, 0.2) is 5.67 Å². The molecule has 1 atom stereocenters. The number of halogens is 1. The van der Waals surface area contributed by atoms with Crippen molar-refractivity contribution < 1.29 is 9.13 Å². The number of hydrogen-bond donors (Lipinski definition) is 1. The smallest absolute Gasteiger partial charge is 0.159 e. The van der Waals surface area contributed by atoms with Gasteiger partial charge in [0.1, 0.15) is 0 Å². The third-order valence-corrected chi connectivity index (χ3v) is 2.60.